The lowest BCUT2D eigenvalue weighted by Crippen LogP contribution is -2.00. The Morgan fingerprint density at radius 2 is 1.84 bits per heavy atom. The molecule has 2 aromatic carbocycles. The van der Waals surface area contributed by atoms with Crippen LogP contribution in [0.4, 0.5) is 13.2 Å². The molecule has 2 nitrogen and oxygen atoms in total. The highest BCUT2D eigenvalue weighted by molar-refractivity contribution is 5.36. The molecule has 0 unspecified atom stereocenters. The van der Waals surface area contributed by atoms with Crippen LogP contribution in [-0.4, -0.2) is 0 Å². The molecule has 0 aliphatic carbocycles. The van der Waals surface area contributed by atoms with Gasteiger partial charge in [0.2, 0.25) is 0 Å². The van der Waals surface area contributed by atoms with Crippen molar-refractivity contribution in [1.29, 1.82) is 5.26 Å². The van der Waals surface area contributed by atoms with Crippen molar-refractivity contribution in [2.24, 2.45) is 0 Å². The second-order valence-corrected chi connectivity index (χ2v) is 3.76. The monoisotopic (exact) mass is 263 g/mol. The highest BCUT2D eigenvalue weighted by atomic mass is 19.2. The van der Waals surface area contributed by atoms with E-state index in [1.807, 2.05) is 0 Å². The number of ether oxygens (including phenoxy) is 1. The molecule has 0 bridgehead atoms. The molecular weight excluding hydrogens is 255 g/mol. The molecule has 0 aliphatic rings. The molecule has 0 aromatic heterocycles. The Morgan fingerprint density at radius 3 is 2.53 bits per heavy atom. The number of nitrogens with zero attached hydrogens (tertiary/aromatic N) is 1. The summed E-state index contributed by atoms with van der Waals surface area (Å²) >= 11 is 0. The zero-order valence-corrected chi connectivity index (χ0v) is 9.66. The zero-order chi connectivity index (χ0) is 13.8. The molecule has 0 spiro atoms. The van der Waals surface area contributed by atoms with Crippen molar-refractivity contribution in [1.82, 2.24) is 0 Å². The highest BCUT2D eigenvalue weighted by Crippen LogP contribution is 2.19. The van der Waals surface area contributed by atoms with E-state index in [-0.39, 0.29) is 23.5 Å². The number of rotatable bonds is 3. The van der Waals surface area contributed by atoms with Gasteiger partial charge in [0.1, 0.15) is 24.2 Å². The maximum atomic E-state index is 13.3. The first-order valence-corrected chi connectivity index (χ1v) is 5.37. The van der Waals surface area contributed by atoms with E-state index in [9.17, 15) is 13.2 Å². The fraction of sp³-hybridized carbons (Fsp3) is 0.0714. The van der Waals surface area contributed by atoms with Crippen molar-refractivity contribution in [3.63, 3.8) is 0 Å². The van der Waals surface area contributed by atoms with Crippen molar-refractivity contribution in [3.05, 3.63) is 65.0 Å². The summed E-state index contributed by atoms with van der Waals surface area (Å²) in [5, 5.41) is 8.56. The average Bonchev–Trinajstić information content (AvgIpc) is 2.40. The maximum Gasteiger partial charge on any atom is 0.165 e. The van der Waals surface area contributed by atoms with Gasteiger partial charge in [-0.3, -0.25) is 0 Å². The third kappa shape index (κ3) is 2.86. The van der Waals surface area contributed by atoms with Gasteiger partial charge < -0.3 is 4.74 Å². The summed E-state index contributed by atoms with van der Waals surface area (Å²) in [6.07, 6.45) is 0. The van der Waals surface area contributed by atoms with E-state index < -0.39 is 17.5 Å². The van der Waals surface area contributed by atoms with E-state index in [0.29, 0.717) is 0 Å². The van der Waals surface area contributed by atoms with Gasteiger partial charge in [-0.1, -0.05) is 12.1 Å². The molecule has 96 valence electrons. The number of hydrogen-bond acceptors (Lipinski definition) is 2. The average molecular weight is 263 g/mol. The van der Waals surface area contributed by atoms with Gasteiger partial charge in [0.25, 0.3) is 0 Å². The first-order valence-electron chi connectivity index (χ1n) is 5.37. The number of nitriles is 1. The Kier molecular flexibility index (Phi) is 3.71. The van der Waals surface area contributed by atoms with E-state index >= 15 is 0 Å². The maximum absolute atomic E-state index is 13.3. The first-order chi connectivity index (χ1) is 9.11. The Hall–Kier alpha value is -2.48. The standard InChI is InChI=1S/C14H8F3NO/c15-12-3-1-2-10(14(12)17)8-19-11-5-4-9(7-18)13(16)6-11/h1-6H,8H2. The molecule has 19 heavy (non-hydrogen) atoms. The van der Waals surface area contributed by atoms with E-state index in [4.69, 9.17) is 10.00 Å². The van der Waals surface area contributed by atoms with Crippen LogP contribution in [0.5, 0.6) is 5.75 Å². The van der Waals surface area contributed by atoms with E-state index in [1.165, 1.54) is 24.3 Å². The summed E-state index contributed by atoms with van der Waals surface area (Å²) in [5.41, 5.74) is -0.0750. The molecule has 0 fully saturated rings. The van der Waals surface area contributed by atoms with Gasteiger partial charge in [-0.25, -0.2) is 13.2 Å². The molecule has 2 aromatic rings. The molecule has 0 radical (unpaired) electrons. The molecule has 0 heterocycles. The molecule has 0 saturated heterocycles. The van der Waals surface area contributed by atoms with Crippen LogP contribution < -0.4 is 4.74 Å². The molecule has 0 atom stereocenters. The Morgan fingerprint density at radius 1 is 1.05 bits per heavy atom. The Balaban J connectivity index is 2.13. The van der Waals surface area contributed by atoms with Gasteiger partial charge in [0, 0.05) is 11.6 Å². The van der Waals surface area contributed by atoms with Gasteiger partial charge in [0.05, 0.1) is 5.56 Å². The summed E-state index contributed by atoms with van der Waals surface area (Å²) in [5.74, 6) is -2.54. The lowest BCUT2D eigenvalue weighted by molar-refractivity contribution is 0.295. The van der Waals surface area contributed by atoms with Crippen LogP contribution in [0.1, 0.15) is 11.1 Å². The minimum Gasteiger partial charge on any atom is -0.489 e. The SMILES string of the molecule is N#Cc1ccc(OCc2cccc(F)c2F)cc1F. The summed E-state index contributed by atoms with van der Waals surface area (Å²) in [7, 11) is 0. The Bertz CT molecular complexity index is 650. The van der Waals surface area contributed by atoms with Crippen LogP contribution in [0, 0.1) is 28.8 Å². The lowest BCUT2D eigenvalue weighted by Gasteiger charge is -2.07. The van der Waals surface area contributed by atoms with Crippen molar-refractivity contribution in [2.45, 2.75) is 6.61 Å². The van der Waals surface area contributed by atoms with E-state index in [0.717, 1.165) is 12.1 Å². The third-order valence-electron chi connectivity index (χ3n) is 2.49. The molecule has 0 amide bonds. The number of benzene rings is 2. The number of hydrogen-bond donors (Lipinski definition) is 0. The van der Waals surface area contributed by atoms with Gasteiger partial charge in [-0.15, -0.1) is 0 Å². The van der Waals surface area contributed by atoms with E-state index in [1.54, 1.807) is 6.07 Å². The van der Waals surface area contributed by atoms with Crippen LogP contribution in [0.3, 0.4) is 0 Å². The summed E-state index contributed by atoms with van der Waals surface area (Å²) in [6, 6.07) is 9.07. The molecular formula is C14H8F3NO. The van der Waals surface area contributed by atoms with Gasteiger partial charge in [-0.05, 0) is 18.2 Å². The van der Waals surface area contributed by atoms with Crippen LogP contribution >= 0.6 is 0 Å². The van der Waals surface area contributed by atoms with Crippen molar-refractivity contribution in [3.8, 4) is 11.8 Å². The molecule has 0 aliphatic heterocycles. The van der Waals surface area contributed by atoms with Gasteiger partial charge >= 0.3 is 0 Å². The van der Waals surface area contributed by atoms with Crippen LogP contribution in [0.25, 0.3) is 0 Å². The fourth-order valence-corrected chi connectivity index (χ4v) is 1.50. The van der Waals surface area contributed by atoms with Crippen molar-refractivity contribution < 1.29 is 17.9 Å². The van der Waals surface area contributed by atoms with Crippen LogP contribution in [0.15, 0.2) is 36.4 Å². The lowest BCUT2D eigenvalue weighted by atomic mass is 10.2. The zero-order valence-electron chi connectivity index (χ0n) is 9.66. The smallest absolute Gasteiger partial charge is 0.165 e. The summed E-state index contributed by atoms with van der Waals surface area (Å²) < 4.78 is 44.7. The largest absolute Gasteiger partial charge is 0.489 e. The second kappa shape index (κ2) is 5.44. The topological polar surface area (TPSA) is 33.0 Å². The minimum absolute atomic E-state index is 0.0322. The van der Waals surface area contributed by atoms with E-state index in [2.05, 4.69) is 0 Å². The molecule has 5 heteroatoms. The van der Waals surface area contributed by atoms with Crippen molar-refractivity contribution >= 4 is 0 Å². The minimum atomic E-state index is -0.989. The quantitative estimate of drug-likeness (QED) is 0.848. The Labute approximate surface area is 107 Å². The normalized spacial score (nSPS) is 10.0. The predicted octanol–water partition coefficient (Wildman–Crippen LogP) is 3.55. The molecule has 2 rings (SSSR count). The first kappa shape index (κ1) is 13.0. The summed E-state index contributed by atoms with van der Waals surface area (Å²) in [6.45, 7) is -0.227. The van der Waals surface area contributed by atoms with Crippen LogP contribution in [0.2, 0.25) is 0 Å². The second-order valence-electron chi connectivity index (χ2n) is 3.76. The molecule has 0 saturated carbocycles. The predicted molar refractivity (Wildman–Crippen MR) is 61.8 cm³/mol. The van der Waals surface area contributed by atoms with Gasteiger partial charge in [-0.2, -0.15) is 5.26 Å². The summed E-state index contributed by atoms with van der Waals surface area (Å²) in [4.78, 5) is 0. The third-order valence-corrected chi connectivity index (χ3v) is 2.49. The van der Waals surface area contributed by atoms with Crippen molar-refractivity contribution in [2.75, 3.05) is 0 Å². The molecule has 0 N–H and O–H groups in total. The fourth-order valence-electron chi connectivity index (χ4n) is 1.50. The van der Waals surface area contributed by atoms with Gasteiger partial charge in [0.15, 0.2) is 11.6 Å². The highest BCUT2D eigenvalue weighted by Gasteiger charge is 2.09. The van der Waals surface area contributed by atoms with Crippen LogP contribution in [-0.2, 0) is 6.61 Å². The number of halogens is 3.